The number of aliphatic carboxylic acids is 1. The van der Waals surface area contributed by atoms with Crippen LogP contribution in [-0.4, -0.2) is 91.8 Å². The van der Waals surface area contributed by atoms with E-state index in [0.29, 0.717) is 23.7 Å². The molecule has 0 unspecified atom stereocenters. The largest absolute Gasteiger partial charge is 0.490 e. The minimum atomic E-state index is -5.20. The molecule has 0 spiro atoms. The topological polar surface area (TPSA) is 101 Å². The van der Waals surface area contributed by atoms with Crippen LogP contribution < -0.4 is 9.80 Å². The molecule has 1 amide bonds. The summed E-state index contributed by atoms with van der Waals surface area (Å²) >= 11 is 0. The van der Waals surface area contributed by atoms with Crippen molar-refractivity contribution in [3.63, 3.8) is 0 Å². The molecule has 34 heavy (non-hydrogen) atoms. The second kappa shape index (κ2) is 11.9. The number of rotatable bonds is 6. The Bertz CT molecular complexity index is 869. The number of carboxylic acids is 2. The van der Waals surface area contributed by atoms with E-state index in [1.54, 1.807) is 0 Å². The van der Waals surface area contributed by atoms with Gasteiger partial charge in [0.1, 0.15) is 0 Å². The van der Waals surface area contributed by atoms with Gasteiger partial charge in [-0.25, -0.2) is 9.59 Å². The van der Waals surface area contributed by atoms with Crippen LogP contribution in [0.25, 0.3) is 0 Å². The van der Waals surface area contributed by atoms with Crippen LogP contribution in [0.2, 0.25) is 0 Å². The summed E-state index contributed by atoms with van der Waals surface area (Å²) in [5.41, 5.74) is -0.303. The summed E-state index contributed by atoms with van der Waals surface area (Å²) in [6.45, 7) is 1.20. The number of piperazine rings is 1. The maximum Gasteiger partial charge on any atom is 0.490 e. The second-order valence-electron chi connectivity index (χ2n) is 7.10. The van der Waals surface area contributed by atoms with E-state index in [1.165, 1.54) is 18.2 Å². The molecule has 1 saturated heterocycles. The van der Waals surface area contributed by atoms with Gasteiger partial charge in [-0.15, -0.1) is 0 Å². The van der Waals surface area contributed by atoms with Gasteiger partial charge in [-0.05, 0) is 31.7 Å². The first-order valence-electron chi connectivity index (χ1n) is 9.65. The van der Waals surface area contributed by atoms with Crippen molar-refractivity contribution in [3.05, 3.63) is 23.8 Å². The Hall–Kier alpha value is -3.10. The lowest BCUT2D eigenvalue weighted by Crippen LogP contribution is -2.45. The van der Waals surface area contributed by atoms with E-state index < -0.39 is 49.0 Å². The Labute approximate surface area is 189 Å². The minimum Gasteiger partial charge on any atom is -0.478 e. The fraction of sp³-hybridized carbons (Fsp3) is 0.526. The number of alkyl halides is 7. The van der Waals surface area contributed by atoms with Gasteiger partial charge >= 0.3 is 30.2 Å². The van der Waals surface area contributed by atoms with Gasteiger partial charge in [-0.2, -0.15) is 26.3 Å². The van der Waals surface area contributed by atoms with Crippen molar-refractivity contribution in [2.24, 2.45) is 0 Å². The van der Waals surface area contributed by atoms with Crippen LogP contribution in [0.1, 0.15) is 16.8 Å². The molecule has 2 N–H and O–H groups in total. The fourth-order valence-electron chi connectivity index (χ4n) is 2.89. The molecule has 1 aromatic rings. The van der Waals surface area contributed by atoms with Crippen molar-refractivity contribution >= 4 is 29.2 Å². The van der Waals surface area contributed by atoms with Crippen LogP contribution in [-0.2, 0) is 9.59 Å². The number of hydrogen-bond donors (Lipinski definition) is 2. The van der Waals surface area contributed by atoms with E-state index in [2.05, 4.69) is 4.90 Å². The molecule has 1 fully saturated rings. The summed E-state index contributed by atoms with van der Waals surface area (Å²) in [5, 5.41) is 16.5. The second-order valence-corrected chi connectivity index (χ2v) is 7.10. The van der Waals surface area contributed by atoms with E-state index in [9.17, 15) is 45.4 Å². The molecule has 0 aliphatic carbocycles. The van der Waals surface area contributed by atoms with Crippen molar-refractivity contribution in [1.29, 1.82) is 0 Å². The van der Waals surface area contributed by atoms with E-state index in [-0.39, 0.29) is 12.1 Å². The van der Waals surface area contributed by atoms with Gasteiger partial charge in [0.25, 0.3) is 0 Å². The number of benzene rings is 1. The van der Waals surface area contributed by atoms with Crippen molar-refractivity contribution in [2.75, 3.05) is 56.2 Å². The molecule has 0 saturated carbocycles. The number of halogens is 7. The van der Waals surface area contributed by atoms with Crippen molar-refractivity contribution < 1.29 is 55.3 Å². The molecule has 8 nitrogen and oxygen atoms in total. The van der Waals surface area contributed by atoms with Gasteiger partial charge in [0.15, 0.2) is 0 Å². The van der Waals surface area contributed by atoms with Crippen molar-refractivity contribution in [1.82, 2.24) is 4.90 Å². The summed E-state index contributed by atoms with van der Waals surface area (Å²) in [4.78, 5) is 36.5. The lowest BCUT2D eigenvalue weighted by atomic mass is 10.1. The summed E-state index contributed by atoms with van der Waals surface area (Å²) in [7, 11) is 1.94. The molecule has 1 aliphatic heterocycles. The van der Waals surface area contributed by atoms with Crippen LogP contribution in [0.15, 0.2) is 18.2 Å². The van der Waals surface area contributed by atoms with Crippen LogP contribution in [0.5, 0.6) is 0 Å². The Kier molecular flexibility index (Phi) is 10.1. The van der Waals surface area contributed by atoms with Crippen molar-refractivity contribution in [3.8, 4) is 0 Å². The highest BCUT2D eigenvalue weighted by Crippen LogP contribution is 2.31. The van der Waals surface area contributed by atoms with Gasteiger partial charge in [0.05, 0.1) is 17.9 Å². The number of aromatic carboxylic acids is 1. The van der Waals surface area contributed by atoms with Gasteiger partial charge in [0, 0.05) is 38.4 Å². The Balaban J connectivity index is 0.000000718. The third-order valence-corrected chi connectivity index (χ3v) is 4.62. The van der Waals surface area contributed by atoms with Crippen LogP contribution >= 0.6 is 0 Å². The maximum atomic E-state index is 13.0. The average molecular weight is 505 g/mol. The number of hydrogen-bond acceptors (Lipinski definition) is 5. The number of carbonyl (C=O) groups excluding carboxylic acids is 1. The highest BCUT2D eigenvalue weighted by molar-refractivity contribution is 6.04. The fourth-order valence-corrected chi connectivity index (χ4v) is 2.89. The Morgan fingerprint density at radius 3 is 1.91 bits per heavy atom. The smallest absolute Gasteiger partial charge is 0.478 e. The molecule has 0 bridgehead atoms. The third-order valence-electron chi connectivity index (χ3n) is 4.62. The standard InChI is InChI=1S/C17H21F4N3O3.C2HF3O2/c1-22-7-9-23(10-8-22)12-3-4-13(15(25)26)14(11-12)24(6-2-5-18)16(27)17(19,20)21;3-2(4,5)1(6)7/h3-4,11H,2,5-10H2,1H3,(H,25,26);(H,6,7). The highest BCUT2D eigenvalue weighted by atomic mass is 19.4. The van der Waals surface area contributed by atoms with Gasteiger partial charge in [0.2, 0.25) is 0 Å². The molecule has 192 valence electrons. The van der Waals surface area contributed by atoms with Crippen LogP contribution in [0.4, 0.5) is 42.1 Å². The number of nitrogens with zero attached hydrogens (tertiary/aromatic N) is 3. The molecule has 0 radical (unpaired) electrons. The molecule has 0 aromatic heterocycles. The van der Waals surface area contributed by atoms with E-state index in [4.69, 9.17) is 9.90 Å². The molecule has 1 aromatic carbocycles. The number of anilines is 2. The normalized spacial score (nSPS) is 14.8. The first-order chi connectivity index (χ1) is 15.6. The summed E-state index contributed by atoms with van der Waals surface area (Å²) in [6.07, 6.45) is -10.6. The average Bonchev–Trinajstić information content (AvgIpc) is 2.73. The zero-order chi connectivity index (χ0) is 26.3. The molecule has 1 aliphatic rings. The van der Waals surface area contributed by atoms with Gasteiger partial charge in [-0.3, -0.25) is 9.18 Å². The van der Waals surface area contributed by atoms with Gasteiger partial charge < -0.3 is 24.9 Å². The zero-order valence-corrected chi connectivity index (χ0v) is 17.8. The minimum absolute atomic E-state index is 0.308. The number of carbonyl (C=O) groups is 3. The van der Waals surface area contributed by atoms with E-state index in [1.807, 2.05) is 11.9 Å². The first kappa shape index (κ1) is 28.9. The molecule has 2 rings (SSSR count). The summed E-state index contributed by atoms with van der Waals surface area (Å²) in [6, 6.07) is 3.94. The lowest BCUT2D eigenvalue weighted by molar-refractivity contribution is -0.192. The summed E-state index contributed by atoms with van der Waals surface area (Å²) in [5.74, 6) is -6.43. The quantitative estimate of drug-likeness (QED) is 0.574. The predicted octanol–water partition coefficient (Wildman–Crippen LogP) is 3.02. The lowest BCUT2D eigenvalue weighted by Gasteiger charge is -2.35. The van der Waals surface area contributed by atoms with Crippen LogP contribution in [0.3, 0.4) is 0 Å². The van der Waals surface area contributed by atoms with E-state index in [0.717, 1.165) is 13.1 Å². The molecular formula is C19H22F7N3O5. The molecule has 15 heteroatoms. The number of likely N-dealkylation sites (N-methyl/N-ethyl adjacent to an activating group) is 1. The number of amides is 1. The Morgan fingerprint density at radius 1 is 0.971 bits per heavy atom. The van der Waals surface area contributed by atoms with E-state index >= 15 is 0 Å². The highest BCUT2D eigenvalue weighted by Gasteiger charge is 2.44. The molecule has 1 heterocycles. The Morgan fingerprint density at radius 2 is 1.50 bits per heavy atom. The van der Waals surface area contributed by atoms with Crippen LogP contribution in [0, 0.1) is 0 Å². The SMILES string of the molecule is CN1CCN(c2ccc(C(=O)O)c(N(CCCF)C(=O)C(F)(F)F)c2)CC1.O=C(O)C(F)(F)F. The van der Waals surface area contributed by atoms with Gasteiger partial charge in [-0.1, -0.05) is 0 Å². The number of carboxylic acid groups (broad SMARTS) is 2. The molecular weight excluding hydrogens is 483 g/mol. The third kappa shape index (κ3) is 8.35. The maximum absolute atomic E-state index is 13.0. The first-order valence-corrected chi connectivity index (χ1v) is 9.65. The zero-order valence-electron chi connectivity index (χ0n) is 17.8. The monoisotopic (exact) mass is 505 g/mol. The predicted molar refractivity (Wildman–Crippen MR) is 106 cm³/mol. The molecule has 0 atom stereocenters. The summed E-state index contributed by atoms with van der Waals surface area (Å²) < 4.78 is 83.3. The van der Waals surface area contributed by atoms with Crippen molar-refractivity contribution in [2.45, 2.75) is 18.8 Å².